The van der Waals surface area contributed by atoms with Gasteiger partial charge in [-0.05, 0) is 35.9 Å². The number of anilines is 1. The minimum Gasteiger partial charge on any atom is -0.467 e. The van der Waals surface area contributed by atoms with E-state index < -0.39 is 10.0 Å². The molecule has 2 heterocycles. The van der Waals surface area contributed by atoms with E-state index in [1.807, 2.05) is 0 Å². The molecule has 1 aromatic heterocycles. The van der Waals surface area contributed by atoms with Crippen LogP contribution in [0.1, 0.15) is 18.2 Å². The molecule has 0 spiro atoms. The first-order valence-corrected chi connectivity index (χ1v) is 9.54. The van der Waals surface area contributed by atoms with Gasteiger partial charge in [-0.15, -0.1) is 0 Å². The topological polar surface area (TPSA) is 109 Å². The fourth-order valence-corrected chi connectivity index (χ4v) is 3.78. The highest BCUT2D eigenvalue weighted by atomic mass is 32.2. The predicted octanol–water partition coefficient (Wildman–Crippen LogP) is 1.10. The average molecular weight is 377 g/mol. The van der Waals surface area contributed by atoms with Gasteiger partial charge in [-0.25, -0.2) is 13.1 Å². The molecule has 0 saturated heterocycles. The summed E-state index contributed by atoms with van der Waals surface area (Å²) in [5.41, 5.74) is 1.29. The van der Waals surface area contributed by atoms with E-state index in [9.17, 15) is 18.0 Å². The van der Waals surface area contributed by atoms with Crippen molar-refractivity contribution in [3.8, 4) is 0 Å². The third kappa shape index (κ3) is 4.12. The van der Waals surface area contributed by atoms with Crippen LogP contribution in [-0.2, 0) is 32.6 Å². The maximum Gasteiger partial charge on any atom is 0.240 e. The van der Waals surface area contributed by atoms with Gasteiger partial charge in [-0.1, -0.05) is 0 Å². The highest BCUT2D eigenvalue weighted by Gasteiger charge is 2.22. The molecule has 1 aliphatic rings. The number of furan rings is 1. The van der Waals surface area contributed by atoms with Gasteiger partial charge >= 0.3 is 0 Å². The lowest BCUT2D eigenvalue weighted by atomic mass is 10.2. The summed E-state index contributed by atoms with van der Waals surface area (Å²) >= 11 is 0. The Bertz CT molecular complexity index is 922. The highest BCUT2D eigenvalue weighted by Crippen LogP contribution is 2.25. The van der Waals surface area contributed by atoms with Gasteiger partial charge in [0, 0.05) is 25.7 Å². The summed E-state index contributed by atoms with van der Waals surface area (Å²) in [6.45, 7) is 1.97. The van der Waals surface area contributed by atoms with Crippen molar-refractivity contribution in [1.29, 1.82) is 0 Å². The van der Waals surface area contributed by atoms with Crippen LogP contribution in [0.4, 0.5) is 5.69 Å². The molecule has 0 radical (unpaired) electrons. The smallest absolute Gasteiger partial charge is 0.240 e. The van der Waals surface area contributed by atoms with Gasteiger partial charge in [0.2, 0.25) is 21.8 Å². The second kappa shape index (κ2) is 7.30. The lowest BCUT2D eigenvalue weighted by molar-refractivity contribution is -0.129. The van der Waals surface area contributed by atoms with Gasteiger partial charge in [0.25, 0.3) is 0 Å². The molecule has 2 N–H and O–H groups in total. The highest BCUT2D eigenvalue weighted by molar-refractivity contribution is 7.89. The molecule has 26 heavy (non-hydrogen) atoms. The molecule has 0 saturated carbocycles. The van der Waals surface area contributed by atoms with E-state index in [-0.39, 0.29) is 42.8 Å². The van der Waals surface area contributed by atoms with E-state index in [1.54, 1.807) is 18.2 Å². The van der Waals surface area contributed by atoms with Crippen LogP contribution in [0, 0.1) is 0 Å². The number of fused-ring (bicyclic) bond motifs is 1. The van der Waals surface area contributed by atoms with Crippen LogP contribution in [0.15, 0.2) is 45.9 Å². The van der Waals surface area contributed by atoms with Crippen molar-refractivity contribution >= 4 is 27.5 Å². The van der Waals surface area contributed by atoms with Gasteiger partial charge in [0.15, 0.2) is 0 Å². The first-order valence-electron chi connectivity index (χ1n) is 8.05. The van der Waals surface area contributed by atoms with E-state index in [1.165, 1.54) is 30.2 Å². The van der Waals surface area contributed by atoms with Gasteiger partial charge in [-0.3, -0.25) is 9.59 Å². The number of nitrogens with one attached hydrogen (secondary N) is 2. The molecule has 138 valence electrons. The lowest BCUT2D eigenvalue weighted by Crippen LogP contribution is -2.37. The lowest BCUT2D eigenvalue weighted by Gasteiger charge is -2.20. The van der Waals surface area contributed by atoms with Crippen molar-refractivity contribution in [2.45, 2.75) is 24.8 Å². The molecule has 1 aromatic carbocycles. The fourth-order valence-electron chi connectivity index (χ4n) is 2.71. The van der Waals surface area contributed by atoms with Crippen molar-refractivity contribution in [2.75, 3.05) is 18.4 Å². The van der Waals surface area contributed by atoms with Crippen LogP contribution in [0.5, 0.6) is 0 Å². The number of carbonyl (C=O) groups is 2. The van der Waals surface area contributed by atoms with E-state index in [4.69, 9.17) is 4.42 Å². The maximum atomic E-state index is 12.4. The molecule has 0 fully saturated rings. The Kier molecular flexibility index (Phi) is 5.10. The number of benzene rings is 1. The Morgan fingerprint density at radius 2 is 2.15 bits per heavy atom. The summed E-state index contributed by atoms with van der Waals surface area (Å²) in [6, 6.07) is 7.98. The third-order valence-electron chi connectivity index (χ3n) is 4.06. The molecule has 8 nitrogen and oxygen atoms in total. The molecule has 1 aliphatic heterocycles. The monoisotopic (exact) mass is 377 g/mol. The molecule has 0 bridgehead atoms. The largest absolute Gasteiger partial charge is 0.467 e. The average Bonchev–Trinajstić information content (AvgIpc) is 3.20. The summed E-state index contributed by atoms with van der Waals surface area (Å²) in [6.07, 6.45) is 1.68. The van der Waals surface area contributed by atoms with Crippen molar-refractivity contribution in [3.05, 3.63) is 47.9 Å². The zero-order valence-corrected chi connectivity index (χ0v) is 15.0. The van der Waals surface area contributed by atoms with E-state index in [2.05, 4.69) is 10.0 Å². The van der Waals surface area contributed by atoms with Crippen molar-refractivity contribution in [2.24, 2.45) is 0 Å². The number of hydrogen-bond acceptors (Lipinski definition) is 5. The van der Waals surface area contributed by atoms with Crippen LogP contribution in [0.2, 0.25) is 0 Å². The van der Waals surface area contributed by atoms with Gasteiger partial charge in [-0.2, -0.15) is 0 Å². The van der Waals surface area contributed by atoms with Gasteiger partial charge in [0.1, 0.15) is 5.76 Å². The van der Waals surface area contributed by atoms with Crippen LogP contribution < -0.4 is 10.0 Å². The third-order valence-corrected chi connectivity index (χ3v) is 5.52. The molecule has 0 aliphatic carbocycles. The van der Waals surface area contributed by atoms with Crippen molar-refractivity contribution in [1.82, 2.24) is 9.62 Å². The minimum atomic E-state index is -3.73. The van der Waals surface area contributed by atoms with Crippen molar-refractivity contribution < 1.29 is 22.4 Å². The molecule has 3 rings (SSSR count). The van der Waals surface area contributed by atoms with Crippen LogP contribution in [0.25, 0.3) is 0 Å². The number of carbonyl (C=O) groups excluding carboxylic acids is 2. The standard InChI is InChI=1S/C17H19N3O5S/c1-12(21)20(11-14-3-2-8-25-14)7-6-18-26(23,24)15-4-5-16-13(9-15)10-17(22)19-16/h2-5,8-9,18H,6-7,10-11H2,1H3,(H,19,22). The minimum absolute atomic E-state index is 0.0664. The summed E-state index contributed by atoms with van der Waals surface area (Å²) in [7, 11) is -3.73. The molecule has 2 amide bonds. The first kappa shape index (κ1) is 18.2. The van der Waals surface area contributed by atoms with E-state index in [0.29, 0.717) is 17.0 Å². The Morgan fingerprint density at radius 1 is 1.35 bits per heavy atom. The summed E-state index contributed by atoms with van der Waals surface area (Å²) < 4.78 is 32.6. The zero-order valence-electron chi connectivity index (χ0n) is 14.2. The molecular weight excluding hydrogens is 358 g/mol. The second-order valence-corrected chi connectivity index (χ2v) is 7.73. The van der Waals surface area contributed by atoms with Crippen LogP contribution >= 0.6 is 0 Å². The Balaban J connectivity index is 1.62. The Labute approximate surface area is 151 Å². The van der Waals surface area contributed by atoms with E-state index >= 15 is 0 Å². The molecule has 0 unspecified atom stereocenters. The summed E-state index contributed by atoms with van der Waals surface area (Å²) in [5, 5.41) is 2.66. The second-order valence-electron chi connectivity index (χ2n) is 5.96. The van der Waals surface area contributed by atoms with Crippen molar-refractivity contribution in [3.63, 3.8) is 0 Å². The molecule has 9 heteroatoms. The van der Waals surface area contributed by atoms with E-state index in [0.717, 1.165) is 0 Å². The van der Waals surface area contributed by atoms with Crippen LogP contribution in [0.3, 0.4) is 0 Å². The fraction of sp³-hybridized carbons (Fsp3) is 0.294. The Morgan fingerprint density at radius 3 is 2.85 bits per heavy atom. The normalized spacial score (nSPS) is 13.3. The molecule has 2 aromatic rings. The number of nitrogens with zero attached hydrogens (tertiary/aromatic N) is 1. The predicted molar refractivity (Wildman–Crippen MR) is 93.8 cm³/mol. The zero-order chi connectivity index (χ0) is 18.7. The number of hydrogen-bond donors (Lipinski definition) is 2. The van der Waals surface area contributed by atoms with Gasteiger partial charge in [0.05, 0.1) is 24.1 Å². The molecular formula is C17H19N3O5S. The quantitative estimate of drug-likeness (QED) is 0.751. The van der Waals surface area contributed by atoms with Gasteiger partial charge < -0.3 is 14.6 Å². The maximum absolute atomic E-state index is 12.4. The summed E-state index contributed by atoms with van der Waals surface area (Å²) in [4.78, 5) is 24.7. The van der Waals surface area contributed by atoms with Crippen LogP contribution in [-0.4, -0.2) is 38.2 Å². The Hall–Kier alpha value is -2.65. The first-order chi connectivity index (χ1) is 12.3. The molecule has 0 atom stereocenters. The number of rotatable bonds is 7. The SMILES string of the molecule is CC(=O)N(CCNS(=O)(=O)c1ccc2c(c1)CC(=O)N2)Cc1ccco1. The number of amides is 2. The summed E-state index contributed by atoms with van der Waals surface area (Å²) in [5.74, 6) is 0.291. The number of sulfonamides is 1.